The van der Waals surface area contributed by atoms with Gasteiger partial charge in [-0.05, 0) is 49.2 Å². The number of ether oxygens (including phenoxy) is 2. The van der Waals surface area contributed by atoms with Crippen LogP contribution >= 0.6 is 11.6 Å². The average molecular weight is 430 g/mol. The summed E-state index contributed by atoms with van der Waals surface area (Å²) in [4.78, 5) is 12.1. The van der Waals surface area contributed by atoms with Crippen molar-refractivity contribution in [2.24, 2.45) is 0 Å². The molecule has 2 N–H and O–H groups in total. The molecule has 1 saturated heterocycles. The first-order valence-electron chi connectivity index (χ1n) is 8.30. The van der Waals surface area contributed by atoms with Gasteiger partial charge in [0.25, 0.3) is 5.91 Å². The van der Waals surface area contributed by atoms with Gasteiger partial charge in [-0.2, -0.15) is 0 Å². The highest BCUT2D eigenvalue weighted by Crippen LogP contribution is 2.36. The zero-order valence-corrected chi connectivity index (χ0v) is 16.1. The summed E-state index contributed by atoms with van der Waals surface area (Å²) in [5.41, 5.74) is 1.46. The van der Waals surface area contributed by atoms with Gasteiger partial charge in [-0.25, -0.2) is 18.3 Å². The van der Waals surface area contributed by atoms with Crippen LogP contribution in [0.5, 0.6) is 11.5 Å². The van der Waals surface area contributed by atoms with Crippen molar-refractivity contribution in [2.45, 2.75) is 22.5 Å². The third kappa shape index (κ3) is 3.70. The minimum Gasteiger partial charge on any atom is -0.457 e. The topological polar surface area (TPSA) is 102 Å². The molecule has 2 aromatic carbocycles. The number of hydrogen-bond donors (Lipinski definition) is 2. The molecular weight excluding hydrogens is 413 g/mol. The minimum atomic E-state index is -4.12. The number of halogens is 2. The molecule has 7 nitrogen and oxygen atoms in total. The number of amides is 1. The van der Waals surface area contributed by atoms with Crippen molar-refractivity contribution in [2.75, 3.05) is 13.2 Å². The second-order valence-electron chi connectivity index (χ2n) is 6.20. The van der Waals surface area contributed by atoms with Crippen LogP contribution in [0.15, 0.2) is 47.4 Å². The Morgan fingerprint density at radius 2 is 1.75 bits per heavy atom. The maximum atomic E-state index is 13.5. The summed E-state index contributed by atoms with van der Waals surface area (Å²) < 4.78 is 48.6. The highest BCUT2D eigenvalue weighted by molar-refractivity contribution is 7.93. The van der Waals surface area contributed by atoms with Crippen LogP contribution in [0, 0.1) is 5.82 Å². The Balaban J connectivity index is 1.88. The molecule has 1 amide bonds. The van der Waals surface area contributed by atoms with Crippen LogP contribution in [0.2, 0.25) is 5.02 Å². The number of benzene rings is 2. The normalized spacial score (nSPS) is 16.4. The minimum absolute atomic E-state index is 0.0438. The highest BCUT2D eigenvalue weighted by atomic mass is 35.5. The van der Waals surface area contributed by atoms with E-state index in [9.17, 15) is 17.6 Å². The molecule has 0 aliphatic carbocycles. The van der Waals surface area contributed by atoms with E-state index in [1.807, 2.05) is 0 Å². The maximum Gasteiger partial charge on any atom is 0.265 e. The van der Waals surface area contributed by atoms with Crippen LogP contribution in [-0.4, -0.2) is 37.5 Å². The van der Waals surface area contributed by atoms with Gasteiger partial charge < -0.3 is 9.47 Å². The summed E-state index contributed by atoms with van der Waals surface area (Å²) >= 11 is 5.62. The number of carbonyl (C=O) groups is 1. The Morgan fingerprint density at radius 3 is 2.32 bits per heavy atom. The fourth-order valence-electron chi connectivity index (χ4n) is 3.01. The molecule has 2 aromatic rings. The molecule has 3 rings (SSSR count). The Bertz CT molecular complexity index is 974. The van der Waals surface area contributed by atoms with Gasteiger partial charge in [0.15, 0.2) is 14.6 Å². The van der Waals surface area contributed by atoms with E-state index in [1.54, 1.807) is 0 Å². The molecule has 0 spiro atoms. The van der Waals surface area contributed by atoms with Crippen LogP contribution in [-0.2, 0) is 19.4 Å². The van der Waals surface area contributed by atoms with Gasteiger partial charge in [-0.15, -0.1) is 0 Å². The first-order chi connectivity index (χ1) is 13.3. The van der Waals surface area contributed by atoms with Gasteiger partial charge in [-0.3, -0.25) is 10.0 Å². The predicted molar refractivity (Wildman–Crippen MR) is 97.8 cm³/mol. The lowest BCUT2D eigenvalue weighted by Gasteiger charge is -2.34. The molecule has 10 heteroatoms. The summed E-state index contributed by atoms with van der Waals surface area (Å²) in [7, 11) is -4.12. The molecule has 0 bridgehead atoms. The molecule has 1 aliphatic heterocycles. The molecule has 0 atom stereocenters. The lowest BCUT2D eigenvalue weighted by molar-refractivity contribution is -0.134. The van der Waals surface area contributed by atoms with Crippen LogP contribution in [0.3, 0.4) is 0 Å². The van der Waals surface area contributed by atoms with Gasteiger partial charge in [0.2, 0.25) is 0 Å². The summed E-state index contributed by atoms with van der Waals surface area (Å²) in [5.74, 6) is -1.17. The van der Waals surface area contributed by atoms with Gasteiger partial charge in [0.05, 0.1) is 9.92 Å². The quantitative estimate of drug-likeness (QED) is 0.559. The standard InChI is InChI=1S/C18H17ClFNO6S/c19-15-6-3-13(11-16(15)20)27-12-1-4-14(5-2-12)28(24,25)18(17(22)21-23)7-9-26-10-8-18/h1-6,11,23H,7-10H2,(H,21,22). The second-order valence-corrected chi connectivity index (χ2v) is 8.87. The maximum absolute atomic E-state index is 13.5. The van der Waals surface area contributed by atoms with Crippen LogP contribution in [0.1, 0.15) is 12.8 Å². The van der Waals surface area contributed by atoms with Crippen molar-refractivity contribution in [3.63, 3.8) is 0 Å². The third-order valence-corrected chi connectivity index (χ3v) is 7.41. The van der Waals surface area contributed by atoms with Crippen molar-refractivity contribution in [3.8, 4) is 11.5 Å². The van der Waals surface area contributed by atoms with E-state index < -0.39 is 26.3 Å². The Kier molecular flexibility index (Phi) is 5.90. The van der Waals surface area contributed by atoms with E-state index in [-0.39, 0.29) is 47.5 Å². The van der Waals surface area contributed by atoms with Crippen molar-refractivity contribution in [1.29, 1.82) is 0 Å². The SMILES string of the molecule is O=C(NO)C1(S(=O)(=O)c2ccc(Oc3ccc(Cl)c(F)c3)cc2)CCOCC1. The summed E-state index contributed by atoms with van der Waals surface area (Å²) in [6.07, 6.45) is -0.159. The lowest BCUT2D eigenvalue weighted by Crippen LogP contribution is -2.54. The number of carbonyl (C=O) groups excluding carboxylic acids is 1. The van der Waals surface area contributed by atoms with Crippen LogP contribution in [0.25, 0.3) is 0 Å². The molecule has 0 radical (unpaired) electrons. The fourth-order valence-corrected chi connectivity index (χ4v) is 5.07. The Morgan fingerprint density at radius 1 is 1.14 bits per heavy atom. The molecule has 0 aromatic heterocycles. The van der Waals surface area contributed by atoms with E-state index in [2.05, 4.69) is 0 Å². The molecule has 28 heavy (non-hydrogen) atoms. The second kappa shape index (κ2) is 8.04. The van der Waals surface area contributed by atoms with Crippen molar-refractivity contribution < 1.29 is 32.3 Å². The van der Waals surface area contributed by atoms with Gasteiger partial charge >= 0.3 is 0 Å². The van der Waals surface area contributed by atoms with Gasteiger partial charge in [0.1, 0.15) is 17.3 Å². The molecule has 1 aliphatic rings. The van der Waals surface area contributed by atoms with E-state index >= 15 is 0 Å². The number of hydroxylamine groups is 1. The van der Waals surface area contributed by atoms with E-state index in [4.69, 9.17) is 26.3 Å². The first-order valence-corrected chi connectivity index (χ1v) is 10.2. The number of hydrogen-bond acceptors (Lipinski definition) is 6. The van der Waals surface area contributed by atoms with E-state index in [0.717, 1.165) is 6.07 Å². The summed E-state index contributed by atoms with van der Waals surface area (Å²) in [5, 5.41) is 9.00. The summed E-state index contributed by atoms with van der Waals surface area (Å²) in [6, 6.07) is 9.28. The molecule has 150 valence electrons. The number of rotatable bonds is 5. The molecular formula is C18H17ClFNO6S. The zero-order chi connectivity index (χ0) is 20.4. The molecule has 1 heterocycles. The van der Waals surface area contributed by atoms with Crippen molar-refractivity contribution in [1.82, 2.24) is 5.48 Å². The van der Waals surface area contributed by atoms with E-state index in [0.29, 0.717) is 0 Å². The number of sulfone groups is 1. The molecule has 1 fully saturated rings. The Hall–Kier alpha value is -2.20. The van der Waals surface area contributed by atoms with Crippen LogP contribution in [0.4, 0.5) is 4.39 Å². The van der Waals surface area contributed by atoms with Gasteiger partial charge in [-0.1, -0.05) is 11.6 Å². The fraction of sp³-hybridized carbons (Fsp3) is 0.278. The van der Waals surface area contributed by atoms with Crippen LogP contribution < -0.4 is 10.2 Å². The highest BCUT2D eigenvalue weighted by Gasteiger charge is 2.52. The van der Waals surface area contributed by atoms with Gasteiger partial charge in [0, 0.05) is 19.3 Å². The Labute approximate surface area is 165 Å². The smallest absolute Gasteiger partial charge is 0.265 e. The van der Waals surface area contributed by atoms with E-state index in [1.165, 1.54) is 41.9 Å². The zero-order valence-electron chi connectivity index (χ0n) is 14.5. The number of nitrogens with one attached hydrogen (secondary N) is 1. The molecule has 0 saturated carbocycles. The lowest BCUT2D eigenvalue weighted by atomic mass is 9.98. The monoisotopic (exact) mass is 429 g/mol. The average Bonchev–Trinajstić information content (AvgIpc) is 2.71. The predicted octanol–water partition coefficient (Wildman–Crippen LogP) is 3.10. The largest absolute Gasteiger partial charge is 0.457 e. The summed E-state index contributed by atoms with van der Waals surface area (Å²) in [6.45, 7) is 0.159. The first kappa shape index (κ1) is 20.5. The van der Waals surface area contributed by atoms with Crippen molar-refractivity contribution in [3.05, 3.63) is 53.3 Å². The third-order valence-electron chi connectivity index (χ3n) is 4.59. The van der Waals surface area contributed by atoms with Crippen molar-refractivity contribution >= 4 is 27.3 Å². The molecule has 0 unspecified atom stereocenters.